The Bertz CT molecular complexity index is 413. The first-order valence-electron chi connectivity index (χ1n) is 6.95. The Hall–Kier alpha value is -1.19. The van der Waals surface area contributed by atoms with Gasteiger partial charge in [-0.3, -0.25) is 4.79 Å². The lowest BCUT2D eigenvalue weighted by molar-refractivity contribution is -0.952. The molecular weight excluding hydrogens is 224 g/mol. The number of quaternary nitrogens is 2. The van der Waals surface area contributed by atoms with E-state index in [0.717, 1.165) is 32.7 Å². The van der Waals surface area contributed by atoms with E-state index < -0.39 is 0 Å². The average Bonchev–Trinajstić information content (AvgIpc) is 2.33. The highest BCUT2D eigenvalue weighted by atomic mass is 16.1. The number of hydrogen-bond acceptors (Lipinski definition) is 1. The molecule has 2 fully saturated rings. The largest absolute Gasteiger partial charge is 0.336 e. The zero-order valence-electron chi connectivity index (χ0n) is 11.0. The van der Waals surface area contributed by atoms with Crippen LogP contribution in [0.15, 0.2) is 30.3 Å². The lowest BCUT2D eigenvalue weighted by atomic mass is 9.83. The summed E-state index contributed by atoms with van der Waals surface area (Å²) in [5, 5.41) is 0. The molecule has 2 bridgehead atoms. The smallest absolute Gasteiger partial charge is 0.161 e. The quantitative estimate of drug-likeness (QED) is 0.647. The Balaban J connectivity index is 1.68. The van der Waals surface area contributed by atoms with Crippen molar-refractivity contribution in [3.05, 3.63) is 35.9 Å². The third-order valence-electron chi connectivity index (χ3n) is 4.36. The number of benzene rings is 1. The molecule has 2 aliphatic rings. The Labute approximate surface area is 108 Å². The van der Waals surface area contributed by atoms with Crippen LogP contribution in [0.5, 0.6) is 0 Å². The number of likely N-dealkylation sites (tertiary alicyclic amines) is 2. The van der Waals surface area contributed by atoms with Gasteiger partial charge in [-0.1, -0.05) is 30.3 Å². The molecule has 2 aliphatic heterocycles. The van der Waals surface area contributed by atoms with Gasteiger partial charge in [-0.2, -0.15) is 0 Å². The molecule has 1 aromatic carbocycles. The van der Waals surface area contributed by atoms with Crippen molar-refractivity contribution in [1.29, 1.82) is 0 Å². The molecule has 96 valence electrons. The number of piperidine rings is 2. The summed E-state index contributed by atoms with van der Waals surface area (Å²) in [6.07, 6.45) is 0. The number of ketones is 1. The van der Waals surface area contributed by atoms with Crippen LogP contribution in [0.3, 0.4) is 0 Å². The maximum Gasteiger partial charge on any atom is 0.161 e. The number of nitrogens with one attached hydrogen (secondary N) is 2. The second-order valence-corrected chi connectivity index (χ2v) is 5.98. The summed E-state index contributed by atoms with van der Waals surface area (Å²) in [6.45, 7) is 5.20. The van der Waals surface area contributed by atoms with Gasteiger partial charge in [0.1, 0.15) is 18.4 Å². The van der Waals surface area contributed by atoms with E-state index in [0.29, 0.717) is 17.6 Å². The molecule has 0 aromatic heterocycles. The van der Waals surface area contributed by atoms with Crippen molar-refractivity contribution in [2.75, 3.05) is 33.2 Å². The van der Waals surface area contributed by atoms with Crippen LogP contribution in [0.2, 0.25) is 0 Å². The van der Waals surface area contributed by atoms with Crippen molar-refractivity contribution in [2.45, 2.75) is 6.54 Å². The van der Waals surface area contributed by atoms with Crippen LogP contribution in [0.25, 0.3) is 0 Å². The molecule has 3 rings (SSSR count). The van der Waals surface area contributed by atoms with Crippen molar-refractivity contribution in [2.24, 2.45) is 11.8 Å². The first-order valence-corrected chi connectivity index (χ1v) is 6.95. The van der Waals surface area contributed by atoms with Crippen LogP contribution < -0.4 is 9.80 Å². The molecule has 0 amide bonds. The van der Waals surface area contributed by atoms with Crippen LogP contribution in [0.1, 0.15) is 5.56 Å². The minimum atomic E-state index is 0.302. The van der Waals surface area contributed by atoms with Gasteiger partial charge in [0, 0.05) is 5.56 Å². The normalized spacial score (nSPS) is 35.5. The van der Waals surface area contributed by atoms with E-state index in [1.54, 1.807) is 4.90 Å². The van der Waals surface area contributed by atoms with Gasteiger partial charge >= 0.3 is 0 Å². The Morgan fingerprint density at radius 1 is 1.06 bits per heavy atom. The molecule has 0 aliphatic carbocycles. The van der Waals surface area contributed by atoms with E-state index >= 15 is 0 Å². The summed E-state index contributed by atoms with van der Waals surface area (Å²) in [6, 6.07) is 10.6. The van der Waals surface area contributed by atoms with Crippen molar-refractivity contribution in [3.8, 4) is 0 Å². The second-order valence-electron chi connectivity index (χ2n) is 5.98. The summed E-state index contributed by atoms with van der Waals surface area (Å²) in [4.78, 5) is 15.2. The number of hydrogen-bond donors (Lipinski definition) is 2. The maximum atomic E-state index is 12.1. The fourth-order valence-electron chi connectivity index (χ4n) is 3.61. The van der Waals surface area contributed by atoms with Crippen LogP contribution in [0.4, 0.5) is 0 Å². The van der Waals surface area contributed by atoms with E-state index in [1.165, 1.54) is 10.5 Å². The lowest BCUT2D eigenvalue weighted by Crippen LogP contribution is -3.20. The van der Waals surface area contributed by atoms with Gasteiger partial charge in [0.25, 0.3) is 0 Å². The van der Waals surface area contributed by atoms with Gasteiger partial charge in [0.2, 0.25) is 0 Å². The van der Waals surface area contributed by atoms with E-state index in [4.69, 9.17) is 0 Å². The molecule has 2 N–H and O–H groups in total. The minimum Gasteiger partial charge on any atom is -0.336 e. The van der Waals surface area contributed by atoms with Crippen molar-refractivity contribution < 1.29 is 14.6 Å². The SMILES string of the molecule is C[NH+]1C[C@@H]2C[NH+](Cc3ccccc3)C[C@H](C1)C2=O. The van der Waals surface area contributed by atoms with Crippen LogP contribution >= 0.6 is 0 Å². The molecule has 3 heteroatoms. The van der Waals surface area contributed by atoms with E-state index in [2.05, 4.69) is 37.4 Å². The Morgan fingerprint density at radius 2 is 1.67 bits per heavy atom. The predicted molar refractivity (Wildman–Crippen MR) is 69.5 cm³/mol. The van der Waals surface area contributed by atoms with Gasteiger partial charge < -0.3 is 9.80 Å². The molecule has 0 radical (unpaired) electrons. The number of carbonyl (C=O) groups is 1. The summed E-state index contributed by atoms with van der Waals surface area (Å²) in [5.41, 5.74) is 1.39. The van der Waals surface area contributed by atoms with Gasteiger partial charge in [-0.15, -0.1) is 0 Å². The second kappa shape index (κ2) is 4.82. The zero-order chi connectivity index (χ0) is 12.5. The molecule has 0 spiro atoms. The minimum absolute atomic E-state index is 0.302. The topological polar surface area (TPSA) is 26.0 Å². The van der Waals surface area contributed by atoms with Crippen molar-refractivity contribution in [3.63, 3.8) is 0 Å². The van der Waals surface area contributed by atoms with Gasteiger partial charge in [0.05, 0.1) is 33.2 Å². The fourth-order valence-corrected chi connectivity index (χ4v) is 3.61. The number of fused-ring (bicyclic) bond motifs is 2. The summed E-state index contributed by atoms with van der Waals surface area (Å²) >= 11 is 0. The first-order chi connectivity index (χ1) is 8.72. The van der Waals surface area contributed by atoms with Crippen LogP contribution in [-0.4, -0.2) is 39.0 Å². The van der Waals surface area contributed by atoms with Gasteiger partial charge in [0.15, 0.2) is 5.78 Å². The molecule has 1 aromatic rings. The van der Waals surface area contributed by atoms with E-state index in [-0.39, 0.29) is 0 Å². The summed E-state index contributed by atoms with van der Waals surface area (Å²) < 4.78 is 0. The fraction of sp³-hybridized carbons (Fsp3) is 0.533. The van der Waals surface area contributed by atoms with Crippen LogP contribution in [0, 0.1) is 11.8 Å². The van der Waals surface area contributed by atoms with E-state index in [1.807, 2.05) is 0 Å². The molecule has 4 atom stereocenters. The highest BCUT2D eigenvalue weighted by Crippen LogP contribution is 2.11. The monoisotopic (exact) mass is 246 g/mol. The molecule has 2 heterocycles. The first kappa shape index (κ1) is 11.9. The number of rotatable bonds is 2. The molecule has 3 nitrogen and oxygen atoms in total. The third kappa shape index (κ3) is 2.33. The summed E-state index contributed by atoms with van der Waals surface area (Å²) in [7, 11) is 2.22. The van der Waals surface area contributed by atoms with Gasteiger partial charge in [-0.05, 0) is 0 Å². The Kier molecular flexibility index (Phi) is 3.18. The molecular formula is C15H22N2O+2. The highest BCUT2D eigenvalue weighted by molar-refractivity contribution is 5.84. The maximum absolute atomic E-state index is 12.1. The summed E-state index contributed by atoms with van der Waals surface area (Å²) in [5.74, 6) is 1.14. The molecule has 0 saturated carbocycles. The molecule has 2 unspecified atom stereocenters. The highest BCUT2D eigenvalue weighted by Gasteiger charge is 2.45. The Morgan fingerprint density at radius 3 is 2.28 bits per heavy atom. The average molecular weight is 246 g/mol. The zero-order valence-corrected chi connectivity index (χ0v) is 11.0. The molecule has 2 saturated heterocycles. The van der Waals surface area contributed by atoms with Crippen LogP contribution in [-0.2, 0) is 11.3 Å². The third-order valence-corrected chi connectivity index (χ3v) is 4.36. The van der Waals surface area contributed by atoms with E-state index in [9.17, 15) is 4.79 Å². The standard InChI is InChI=1S/C15H20N2O/c1-16-8-13-10-17(11-14(9-16)15(13)18)7-12-5-3-2-4-6-12/h2-6,13-14H,7-11H2,1H3/p+2/t13-,14+. The lowest BCUT2D eigenvalue weighted by Gasteiger charge is -2.39. The molecule has 18 heavy (non-hydrogen) atoms. The number of Topliss-reactive ketones (excluding diaryl/α,β-unsaturated/α-hetero) is 1. The van der Waals surface area contributed by atoms with Gasteiger partial charge in [-0.25, -0.2) is 0 Å². The van der Waals surface area contributed by atoms with Crippen molar-refractivity contribution in [1.82, 2.24) is 0 Å². The number of carbonyl (C=O) groups excluding carboxylic acids is 1. The van der Waals surface area contributed by atoms with Crippen molar-refractivity contribution >= 4 is 5.78 Å². The predicted octanol–water partition coefficient (Wildman–Crippen LogP) is -1.59.